The number of aromatic hydroxyl groups is 1. The van der Waals surface area contributed by atoms with Gasteiger partial charge in [0.15, 0.2) is 11.5 Å². The van der Waals surface area contributed by atoms with E-state index in [-0.39, 0.29) is 17.8 Å². The first kappa shape index (κ1) is 15.0. The van der Waals surface area contributed by atoms with Gasteiger partial charge in [0.2, 0.25) is 5.75 Å². The van der Waals surface area contributed by atoms with Crippen molar-refractivity contribution in [3.05, 3.63) is 47.5 Å². The molecule has 2 N–H and O–H groups in total. The first-order valence-electron chi connectivity index (χ1n) is 7.14. The Balaban J connectivity index is 2.07. The smallest absolute Gasteiger partial charge is 0.257 e. The second-order valence-electron chi connectivity index (χ2n) is 5.28. The highest BCUT2D eigenvalue weighted by Crippen LogP contribution is 2.41. The van der Waals surface area contributed by atoms with Crippen molar-refractivity contribution in [1.29, 1.82) is 0 Å². The second kappa shape index (κ2) is 5.72. The van der Waals surface area contributed by atoms with Crippen LogP contribution in [0.5, 0.6) is 17.2 Å². The van der Waals surface area contributed by atoms with E-state index < -0.39 is 0 Å². The molecule has 3 rings (SSSR count). The van der Waals surface area contributed by atoms with Crippen LogP contribution in [0.4, 0.5) is 5.69 Å². The molecule has 0 spiro atoms. The van der Waals surface area contributed by atoms with Gasteiger partial charge in [-0.15, -0.1) is 0 Å². The molecular weight excluding hydrogens is 296 g/mol. The third-order valence-electron chi connectivity index (χ3n) is 3.98. The molecule has 6 nitrogen and oxygen atoms in total. The molecule has 2 aromatic carbocycles. The maximum absolute atomic E-state index is 12.6. The van der Waals surface area contributed by atoms with Crippen LogP contribution in [0.3, 0.4) is 0 Å². The lowest BCUT2D eigenvalue weighted by molar-refractivity contribution is 0.0735. The predicted molar refractivity (Wildman–Crippen MR) is 86.1 cm³/mol. The molecule has 23 heavy (non-hydrogen) atoms. The number of hydrogen-bond donors (Lipinski definition) is 2. The van der Waals surface area contributed by atoms with Gasteiger partial charge in [0.1, 0.15) is 6.17 Å². The number of anilines is 1. The first-order valence-corrected chi connectivity index (χ1v) is 7.14. The number of nitrogens with one attached hydrogen (secondary N) is 1. The van der Waals surface area contributed by atoms with Gasteiger partial charge in [-0.05, 0) is 24.3 Å². The molecule has 1 amide bonds. The first-order chi connectivity index (χ1) is 11.1. The van der Waals surface area contributed by atoms with Crippen molar-refractivity contribution in [1.82, 2.24) is 4.90 Å². The fourth-order valence-corrected chi connectivity index (χ4v) is 2.73. The summed E-state index contributed by atoms with van der Waals surface area (Å²) in [5.41, 5.74) is 2.15. The predicted octanol–water partition coefficient (Wildman–Crippen LogP) is 2.61. The number of nitrogens with zero attached hydrogens (tertiary/aromatic N) is 1. The number of phenols is 1. The van der Waals surface area contributed by atoms with Crippen LogP contribution in [0.1, 0.15) is 22.1 Å². The van der Waals surface area contributed by atoms with E-state index in [9.17, 15) is 9.90 Å². The molecular formula is C17H18N2O4. The monoisotopic (exact) mass is 314 g/mol. The van der Waals surface area contributed by atoms with Crippen molar-refractivity contribution in [3.63, 3.8) is 0 Å². The highest BCUT2D eigenvalue weighted by atomic mass is 16.5. The number of rotatable bonds is 3. The number of phenolic OH excluding ortho intramolecular Hbond substituents is 1. The van der Waals surface area contributed by atoms with E-state index in [0.717, 1.165) is 11.3 Å². The zero-order valence-electron chi connectivity index (χ0n) is 13.2. The standard InChI is InChI=1S/C17H18N2O4/c1-19-16(18-12-7-5-4-6-11(12)17(19)21)10-8-13(22-2)15(20)14(9-10)23-3/h4-9,16,18,20H,1-3H3. The van der Waals surface area contributed by atoms with E-state index in [1.165, 1.54) is 14.2 Å². The second-order valence-corrected chi connectivity index (χ2v) is 5.28. The Hall–Kier alpha value is -2.89. The van der Waals surface area contributed by atoms with Crippen LogP contribution in [0.15, 0.2) is 36.4 Å². The quantitative estimate of drug-likeness (QED) is 0.911. The lowest BCUT2D eigenvalue weighted by Crippen LogP contribution is -2.40. The van der Waals surface area contributed by atoms with Crippen LogP contribution >= 0.6 is 0 Å². The molecule has 0 saturated heterocycles. The molecule has 1 aliphatic heterocycles. The van der Waals surface area contributed by atoms with Crippen molar-refractivity contribution in [3.8, 4) is 17.2 Å². The highest BCUT2D eigenvalue weighted by Gasteiger charge is 2.31. The van der Waals surface area contributed by atoms with E-state index in [2.05, 4.69) is 5.32 Å². The van der Waals surface area contributed by atoms with Gasteiger partial charge < -0.3 is 24.8 Å². The number of hydrogen-bond acceptors (Lipinski definition) is 5. The average Bonchev–Trinajstić information content (AvgIpc) is 2.58. The van der Waals surface area contributed by atoms with E-state index in [4.69, 9.17) is 9.47 Å². The summed E-state index contributed by atoms with van der Waals surface area (Å²) in [7, 11) is 4.66. The SMILES string of the molecule is COc1cc(C2Nc3ccccc3C(=O)N2C)cc(OC)c1O. The molecule has 0 radical (unpaired) electrons. The van der Waals surface area contributed by atoms with Gasteiger partial charge in [-0.1, -0.05) is 12.1 Å². The van der Waals surface area contributed by atoms with Crippen LogP contribution in [0.25, 0.3) is 0 Å². The van der Waals surface area contributed by atoms with Crippen LogP contribution in [0.2, 0.25) is 0 Å². The van der Waals surface area contributed by atoms with Gasteiger partial charge >= 0.3 is 0 Å². The number of benzene rings is 2. The normalized spacial score (nSPS) is 16.6. The lowest BCUT2D eigenvalue weighted by atomic mass is 10.0. The Morgan fingerprint density at radius 3 is 2.35 bits per heavy atom. The number of para-hydroxylation sites is 1. The van der Waals surface area contributed by atoms with Gasteiger partial charge in [-0.2, -0.15) is 0 Å². The highest BCUT2D eigenvalue weighted by molar-refractivity contribution is 6.01. The Kier molecular flexibility index (Phi) is 3.73. The number of methoxy groups -OCH3 is 2. The minimum Gasteiger partial charge on any atom is -0.502 e. The number of amides is 1. The number of carbonyl (C=O) groups excluding carboxylic acids is 1. The summed E-state index contributed by atoms with van der Waals surface area (Å²) >= 11 is 0. The molecule has 0 saturated carbocycles. The number of carbonyl (C=O) groups is 1. The molecule has 0 aliphatic carbocycles. The summed E-state index contributed by atoms with van der Waals surface area (Å²) in [5.74, 6) is 0.445. The maximum atomic E-state index is 12.6. The zero-order chi connectivity index (χ0) is 16.6. The summed E-state index contributed by atoms with van der Waals surface area (Å²) in [5, 5.41) is 13.4. The Morgan fingerprint density at radius 2 is 1.74 bits per heavy atom. The summed E-state index contributed by atoms with van der Waals surface area (Å²) in [4.78, 5) is 14.2. The molecule has 0 bridgehead atoms. The van der Waals surface area contributed by atoms with Gasteiger partial charge in [0.25, 0.3) is 5.91 Å². The van der Waals surface area contributed by atoms with Crippen molar-refractivity contribution >= 4 is 11.6 Å². The van der Waals surface area contributed by atoms with Crippen molar-refractivity contribution in [2.24, 2.45) is 0 Å². The molecule has 2 aromatic rings. The van der Waals surface area contributed by atoms with Crippen molar-refractivity contribution in [2.45, 2.75) is 6.17 Å². The molecule has 120 valence electrons. The molecule has 1 heterocycles. The Morgan fingerprint density at radius 1 is 1.13 bits per heavy atom. The summed E-state index contributed by atoms with van der Waals surface area (Å²) < 4.78 is 10.4. The Bertz CT molecular complexity index is 735. The van der Waals surface area contributed by atoms with E-state index in [0.29, 0.717) is 17.1 Å². The maximum Gasteiger partial charge on any atom is 0.257 e. The van der Waals surface area contributed by atoms with E-state index in [1.54, 1.807) is 30.1 Å². The fourth-order valence-electron chi connectivity index (χ4n) is 2.73. The van der Waals surface area contributed by atoms with Crippen molar-refractivity contribution < 1.29 is 19.4 Å². The lowest BCUT2D eigenvalue weighted by Gasteiger charge is -2.35. The largest absolute Gasteiger partial charge is 0.502 e. The topological polar surface area (TPSA) is 71.0 Å². The third-order valence-corrected chi connectivity index (χ3v) is 3.98. The molecule has 0 fully saturated rings. The fraction of sp³-hybridized carbons (Fsp3) is 0.235. The van der Waals surface area contributed by atoms with Crippen LogP contribution < -0.4 is 14.8 Å². The molecule has 1 atom stereocenters. The van der Waals surface area contributed by atoms with Crippen LogP contribution in [-0.2, 0) is 0 Å². The number of ether oxygens (including phenoxy) is 2. The average molecular weight is 314 g/mol. The minimum atomic E-state index is -0.388. The third kappa shape index (κ3) is 2.42. The summed E-state index contributed by atoms with van der Waals surface area (Å²) in [6, 6.07) is 10.7. The summed E-state index contributed by atoms with van der Waals surface area (Å²) in [6.45, 7) is 0. The van der Waals surface area contributed by atoms with Crippen LogP contribution in [0, 0.1) is 0 Å². The minimum absolute atomic E-state index is 0.0658. The number of fused-ring (bicyclic) bond motifs is 1. The van der Waals surface area contributed by atoms with Gasteiger partial charge in [-0.3, -0.25) is 4.79 Å². The molecule has 6 heteroatoms. The van der Waals surface area contributed by atoms with E-state index in [1.807, 2.05) is 18.2 Å². The van der Waals surface area contributed by atoms with Gasteiger partial charge in [-0.25, -0.2) is 0 Å². The Labute approximate surface area is 134 Å². The van der Waals surface area contributed by atoms with Gasteiger partial charge in [0, 0.05) is 18.3 Å². The van der Waals surface area contributed by atoms with E-state index >= 15 is 0 Å². The van der Waals surface area contributed by atoms with Crippen molar-refractivity contribution in [2.75, 3.05) is 26.6 Å². The zero-order valence-corrected chi connectivity index (χ0v) is 13.2. The molecule has 1 unspecified atom stereocenters. The van der Waals surface area contributed by atoms with Crippen LogP contribution in [-0.4, -0.2) is 37.2 Å². The molecule has 1 aliphatic rings. The molecule has 0 aromatic heterocycles. The van der Waals surface area contributed by atoms with Gasteiger partial charge in [0.05, 0.1) is 19.8 Å². The summed E-state index contributed by atoms with van der Waals surface area (Å²) in [6.07, 6.45) is -0.388.